The third-order valence-electron chi connectivity index (χ3n) is 4.25. The standard InChI is InChI=1S/C15H31NO2/c1-5-18-15(10-6-8-13(2)12-15)14(16-3)9-7-11-17-4/h13-14,16H,5-12H2,1-4H3. The van der Waals surface area contributed by atoms with Crippen LogP contribution in [-0.4, -0.2) is 39.0 Å². The molecule has 3 heteroatoms. The molecule has 3 nitrogen and oxygen atoms in total. The molecule has 1 aliphatic rings. The Morgan fingerprint density at radius 3 is 2.78 bits per heavy atom. The summed E-state index contributed by atoms with van der Waals surface area (Å²) in [6.45, 7) is 6.13. The zero-order valence-electron chi connectivity index (χ0n) is 12.6. The van der Waals surface area contributed by atoms with Crippen molar-refractivity contribution in [3.63, 3.8) is 0 Å². The van der Waals surface area contributed by atoms with Gasteiger partial charge in [-0.25, -0.2) is 0 Å². The molecule has 1 fully saturated rings. The first kappa shape index (κ1) is 15.9. The van der Waals surface area contributed by atoms with Crippen molar-refractivity contribution < 1.29 is 9.47 Å². The summed E-state index contributed by atoms with van der Waals surface area (Å²) >= 11 is 0. The molecule has 3 atom stereocenters. The van der Waals surface area contributed by atoms with E-state index in [1.165, 1.54) is 25.7 Å². The van der Waals surface area contributed by atoms with Gasteiger partial charge in [0.2, 0.25) is 0 Å². The van der Waals surface area contributed by atoms with E-state index in [0.29, 0.717) is 6.04 Å². The van der Waals surface area contributed by atoms with Crippen LogP contribution in [0.15, 0.2) is 0 Å². The molecule has 0 amide bonds. The van der Waals surface area contributed by atoms with Gasteiger partial charge < -0.3 is 14.8 Å². The van der Waals surface area contributed by atoms with Crippen LogP contribution in [0.25, 0.3) is 0 Å². The first-order chi connectivity index (χ1) is 8.68. The topological polar surface area (TPSA) is 30.5 Å². The molecule has 0 heterocycles. The molecule has 0 saturated heterocycles. The van der Waals surface area contributed by atoms with Crippen molar-refractivity contribution in [1.82, 2.24) is 5.32 Å². The van der Waals surface area contributed by atoms with E-state index in [2.05, 4.69) is 26.2 Å². The Morgan fingerprint density at radius 1 is 1.44 bits per heavy atom. The number of methoxy groups -OCH3 is 1. The van der Waals surface area contributed by atoms with Gasteiger partial charge in [0.1, 0.15) is 0 Å². The third-order valence-corrected chi connectivity index (χ3v) is 4.25. The van der Waals surface area contributed by atoms with E-state index in [4.69, 9.17) is 9.47 Å². The fourth-order valence-electron chi connectivity index (χ4n) is 3.48. The van der Waals surface area contributed by atoms with E-state index in [1.807, 2.05) is 0 Å². The van der Waals surface area contributed by atoms with E-state index >= 15 is 0 Å². The van der Waals surface area contributed by atoms with Crippen LogP contribution in [0, 0.1) is 5.92 Å². The molecule has 108 valence electrons. The van der Waals surface area contributed by atoms with Crippen molar-refractivity contribution in [1.29, 1.82) is 0 Å². The summed E-state index contributed by atoms with van der Waals surface area (Å²) in [6.07, 6.45) is 7.28. The number of hydrogen-bond acceptors (Lipinski definition) is 3. The van der Waals surface area contributed by atoms with Gasteiger partial charge in [-0.05, 0) is 45.6 Å². The van der Waals surface area contributed by atoms with Gasteiger partial charge in [0.15, 0.2) is 0 Å². The van der Waals surface area contributed by atoms with E-state index in [-0.39, 0.29) is 5.60 Å². The average molecular weight is 257 g/mol. The second-order valence-corrected chi connectivity index (χ2v) is 5.68. The number of likely N-dealkylation sites (N-methyl/N-ethyl adjacent to an activating group) is 1. The molecule has 0 radical (unpaired) electrons. The first-order valence-corrected chi connectivity index (χ1v) is 7.48. The van der Waals surface area contributed by atoms with Crippen molar-refractivity contribution in [3.05, 3.63) is 0 Å². The first-order valence-electron chi connectivity index (χ1n) is 7.48. The maximum absolute atomic E-state index is 6.22. The Morgan fingerprint density at radius 2 is 2.22 bits per heavy atom. The number of nitrogens with one attached hydrogen (secondary N) is 1. The van der Waals surface area contributed by atoms with Crippen LogP contribution >= 0.6 is 0 Å². The minimum Gasteiger partial charge on any atom is -0.385 e. The summed E-state index contributed by atoms with van der Waals surface area (Å²) < 4.78 is 11.4. The SMILES string of the molecule is CCOC1(C(CCCOC)NC)CCCC(C)C1. The summed E-state index contributed by atoms with van der Waals surface area (Å²) in [5.74, 6) is 0.781. The van der Waals surface area contributed by atoms with E-state index < -0.39 is 0 Å². The molecule has 3 unspecified atom stereocenters. The van der Waals surface area contributed by atoms with Crippen molar-refractivity contribution in [3.8, 4) is 0 Å². The fraction of sp³-hybridized carbons (Fsp3) is 1.00. The van der Waals surface area contributed by atoms with Gasteiger partial charge >= 0.3 is 0 Å². The predicted octanol–water partition coefficient (Wildman–Crippen LogP) is 2.99. The molecule has 1 N–H and O–H groups in total. The van der Waals surface area contributed by atoms with Gasteiger partial charge in [0.25, 0.3) is 0 Å². The van der Waals surface area contributed by atoms with Gasteiger partial charge in [-0.15, -0.1) is 0 Å². The monoisotopic (exact) mass is 257 g/mol. The maximum atomic E-state index is 6.22. The van der Waals surface area contributed by atoms with Crippen LogP contribution < -0.4 is 5.32 Å². The molecular weight excluding hydrogens is 226 g/mol. The van der Waals surface area contributed by atoms with Crippen LogP contribution in [0.5, 0.6) is 0 Å². The molecule has 1 aliphatic carbocycles. The Kier molecular flexibility index (Phi) is 7.20. The Hall–Kier alpha value is -0.120. The van der Waals surface area contributed by atoms with Crippen LogP contribution in [0.2, 0.25) is 0 Å². The van der Waals surface area contributed by atoms with Gasteiger partial charge in [-0.1, -0.05) is 19.8 Å². The Balaban J connectivity index is 2.66. The number of rotatable bonds is 8. The third kappa shape index (κ3) is 4.22. The maximum Gasteiger partial charge on any atom is 0.0837 e. The van der Waals surface area contributed by atoms with Crippen molar-refractivity contribution in [2.24, 2.45) is 5.92 Å². The molecule has 0 bridgehead atoms. The summed E-state index contributed by atoms with van der Waals surface area (Å²) in [4.78, 5) is 0. The number of ether oxygens (including phenoxy) is 2. The minimum atomic E-state index is 0.0505. The average Bonchev–Trinajstić information content (AvgIpc) is 2.35. The summed E-state index contributed by atoms with van der Waals surface area (Å²) in [6, 6.07) is 0.454. The smallest absolute Gasteiger partial charge is 0.0837 e. The lowest BCUT2D eigenvalue weighted by atomic mass is 9.73. The van der Waals surface area contributed by atoms with E-state index in [0.717, 1.165) is 32.0 Å². The van der Waals surface area contributed by atoms with Crippen LogP contribution in [-0.2, 0) is 9.47 Å². The quantitative estimate of drug-likeness (QED) is 0.678. The normalized spacial score (nSPS) is 30.3. The second-order valence-electron chi connectivity index (χ2n) is 5.68. The summed E-state index contributed by atoms with van der Waals surface area (Å²) in [5, 5.41) is 3.50. The predicted molar refractivity (Wildman–Crippen MR) is 75.9 cm³/mol. The van der Waals surface area contributed by atoms with Gasteiger partial charge in [0.05, 0.1) is 5.60 Å². The highest BCUT2D eigenvalue weighted by Crippen LogP contribution is 2.38. The Labute approximate surface area is 113 Å². The molecule has 18 heavy (non-hydrogen) atoms. The molecule has 0 aromatic carbocycles. The van der Waals surface area contributed by atoms with Crippen molar-refractivity contribution in [2.45, 2.75) is 64.0 Å². The van der Waals surface area contributed by atoms with E-state index in [1.54, 1.807) is 7.11 Å². The van der Waals surface area contributed by atoms with Gasteiger partial charge in [-0.3, -0.25) is 0 Å². The fourth-order valence-corrected chi connectivity index (χ4v) is 3.48. The zero-order chi connectivity index (χ0) is 13.4. The highest BCUT2D eigenvalue weighted by Gasteiger charge is 2.41. The second kappa shape index (κ2) is 8.13. The van der Waals surface area contributed by atoms with Crippen LogP contribution in [0.3, 0.4) is 0 Å². The van der Waals surface area contributed by atoms with E-state index in [9.17, 15) is 0 Å². The van der Waals surface area contributed by atoms with Crippen molar-refractivity contribution >= 4 is 0 Å². The lowest BCUT2D eigenvalue weighted by molar-refractivity contribution is -0.101. The van der Waals surface area contributed by atoms with Gasteiger partial charge in [0, 0.05) is 26.4 Å². The summed E-state index contributed by atoms with van der Waals surface area (Å²) in [5.41, 5.74) is 0.0505. The van der Waals surface area contributed by atoms with Crippen LogP contribution in [0.1, 0.15) is 52.4 Å². The largest absolute Gasteiger partial charge is 0.385 e. The molecule has 0 aromatic heterocycles. The highest BCUT2D eigenvalue weighted by molar-refractivity contribution is 4.96. The molecule has 0 aliphatic heterocycles. The lowest BCUT2D eigenvalue weighted by Gasteiger charge is -2.45. The van der Waals surface area contributed by atoms with Crippen molar-refractivity contribution in [2.75, 3.05) is 27.4 Å². The molecular formula is C15H31NO2. The molecule has 1 saturated carbocycles. The van der Waals surface area contributed by atoms with Gasteiger partial charge in [-0.2, -0.15) is 0 Å². The highest BCUT2D eigenvalue weighted by atomic mass is 16.5. The molecule has 0 aromatic rings. The Bertz CT molecular complexity index is 219. The zero-order valence-corrected chi connectivity index (χ0v) is 12.6. The minimum absolute atomic E-state index is 0.0505. The lowest BCUT2D eigenvalue weighted by Crippen LogP contribution is -2.54. The van der Waals surface area contributed by atoms with Crippen LogP contribution in [0.4, 0.5) is 0 Å². The number of hydrogen-bond donors (Lipinski definition) is 1. The molecule has 0 spiro atoms. The summed E-state index contributed by atoms with van der Waals surface area (Å²) in [7, 11) is 3.84. The molecule has 1 rings (SSSR count).